The largest absolute Gasteiger partial charge is 0.464 e. The minimum absolute atomic E-state index is 0.106. The average molecular weight is 344 g/mol. The standard InChI is InChI=1S/C16H19F3N2O3/c1-3-24-15(23)16(6-8-21(2)9-7-16)20-14(22)12-10(17)4-5-11(18)13(12)19/h4-5H,3,6-9H2,1-2H3,(H,20,22). The third kappa shape index (κ3) is 3.53. The summed E-state index contributed by atoms with van der Waals surface area (Å²) < 4.78 is 45.9. The van der Waals surface area contributed by atoms with E-state index in [1.807, 2.05) is 11.9 Å². The Morgan fingerprint density at radius 3 is 2.38 bits per heavy atom. The van der Waals surface area contributed by atoms with Gasteiger partial charge in [-0.25, -0.2) is 18.0 Å². The lowest BCUT2D eigenvalue weighted by molar-refractivity contribution is -0.152. The van der Waals surface area contributed by atoms with E-state index >= 15 is 0 Å². The number of hydrogen-bond acceptors (Lipinski definition) is 4. The first kappa shape index (κ1) is 18.3. The Balaban J connectivity index is 2.32. The maximum absolute atomic E-state index is 13.8. The lowest BCUT2D eigenvalue weighted by Gasteiger charge is -2.39. The molecule has 0 atom stereocenters. The second-order valence-corrected chi connectivity index (χ2v) is 5.78. The van der Waals surface area contributed by atoms with Crippen LogP contribution in [0.3, 0.4) is 0 Å². The number of amides is 1. The molecule has 24 heavy (non-hydrogen) atoms. The average Bonchev–Trinajstić information content (AvgIpc) is 2.54. The second kappa shape index (κ2) is 7.21. The highest BCUT2D eigenvalue weighted by molar-refractivity contribution is 5.98. The number of halogens is 3. The molecule has 0 aliphatic carbocycles. The van der Waals surface area contributed by atoms with Gasteiger partial charge in [-0.3, -0.25) is 4.79 Å². The van der Waals surface area contributed by atoms with Crippen molar-refractivity contribution in [2.45, 2.75) is 25.3 Å². The maximum Gasteiger partial charge on any atom is 0.331 e. The first-order valence-electron chi connectivity index (χ1n) is 7.62. The topological polar surface area (TPSA) is 58.6 Å². The molecule has 1 saturated heterocycles. The summed E-state index contributed by atoms with van der Waals surface area (Å²) in [4.78, 5) is 26.6. The lowest BCUT2D eigenvalue weighted by Crippen LogP contribution is -2.60. The normalized spacial score (nSPS) is 17.4. The summed E-state index contributed by atoms with van der Waals surface area (Å²) in [5, 5.41) is 2.38. The van der Waals surface area contributed by atoms with Crippen LogP contribution in [-0.4, -0.2) is 49.1 Å². The number of carbonyl (C=O) groups excluding carboxylic acids is 2. The van der Waals surface area contributed by atoms with Gasteiger partial charge in [0.1, 0.15) is 16.9 Å². The summed E-state index contributed by atoms with van der Waals surface area (Å²) in [7, 11) is 1.85. The van der Waals surface area contributed by atoms with Crippen LogP contribution in [0, 0.1) is 17.5 Å². The fourth-order valence-electron chi connectivity index (χ4n) is 2.66. The first-order chi connectivity index (χ1) is 11.3. The van der Waals surface area contributed by atoms with Crippen molar-refractivity contribution in [1.29, 1.82) is 0 Å². The number of benzene rings is 1. The molecular weight excluding hydrogens is 325 g/mol. The minimum Gasteiger partial charge on any atom is -0.464 e. The van der Waals surface area contributed by atoms with Crippen molar-refractivity contribution in [2.24, 2.45) is 0 Å². The fraction of sp³-hybridized carbons (Fsp3) is 0.500. The minimum atomic E-state index is -1.58. The first-order valence-corrected chi connectivity index (χ1v) is 7.62. The van der Waals surface area contributed by atoms with Gasteiger partial charge < -0.3 is 15.0 Å². The van der Waals surface area contributed by atoms with E-state index in [1.165, 1.54) is 0 Å². The second-order valence-electron chi connectivity index (χ2n) is 5.78. The Kier molecular flexibility index (Phi) is 5.48. The monoisotopic (exact) mass is 344 g/mol. The van der Waals surface area contributed by atoms with Crippen molar-refractivity contribution < 1.29 is 27.5 Å². The zero-order valence-corrected chi connectivity index (χ0v) is 13.5. The molecule has 0 radical (unpaired) electrons. The SMILES string of the molecule is CCOC(=O)C1(NC(=O)c2c(F)ccc(F)c2F)CCN(C)CC1. The lowest BCUT2D eigenvalue weighted by atomic mass is 9.87. The molecule has 8 heteroatoms. The van der Waals surface area contributed by atoms with E-state index in [4.69, 9.17) is 4.74 Å². The molecule has 132 valence electrons. The summed E-state index contributed by atoms with van der Waals surface area (Å²) in [5.74, 6) is -5.96. The molecule has 1 fully saturated rings. The van der Waals surface area contributed by atoms with Crippen LogP contribution in [-0.2, 0) is 9.53 Å². The summed E-state index contributed by atoms with van der Waals surface area (Å²) >= 11 is 0. The molecule has 1 heterocycles. The van der Waals surface area contributed by atoms with Crippen LogP contribution in [0.2, 0.25) is 0 Å². The van der Waals surface area contributed by atoms with Gasteiger partial charge in [-0.05, 0) is 38.9 Å². The zero-order valence-electron chi connectivity index (χ0n) is 13.5. The quantitative estimate of drug-likeness (QED) is 0.669. The molecule has 2 rings (SSSR count). The number of piperidine rings is 1. The van der Waals surface area contributed by atoms with Crippen molar-refractivity contribution >= 4 is 11.9 Å². The number of likely N-dealkylation sites (tertiary alicyclic amines) is 1. The molecule has 1 N–H and O–H groups in total. The maximum atomic E-state index is 13.8. The van der Waals surface area contributed by atoms with Crippen LogP contribution < -0.4 is 5.32 Å². The van der Waals surface area contributed by atoms with Gasteiger partial charge in [0.05, 0.1) is 6.61 Å². The number of ether oxygens (including phenoxy) is 1. The zero-order chi connectivity index (χ0) is 17.9. The molecule has 0 spiro atoms. The molecule has 0 saturated carbocycles. The third-order valence-corrected chi connectivity index (χ3v) is 4.13. The van der Waals surface area contributed by atoms with Gasteiger partial charge in [0.15, 0.2) is 11.6 Å². The summed E-state index contributed by atoms with van der Waals surface area (Å²) in [6, 6.07) is 1.26. The Bertz CT molecular complexity index is 644. The van der Waals surface area contributed by atoms with Gasteiger partial charge in [0, 0.05) is 13.1 Å². The van der Waals surface area contributed by atoms with Gasteiger partial charge in [-0.1, -0.05) is 0 Å². The third-order valence-electron chi connectivity index (χ3n) is 4.13. The van der Waals surface area contributed by atoms with Crippen molar-refractivity contribution in [3.63, 3.8) is 0 Å². The van der Waals surface area contributed by atoms with Gasteiger partial charge in [-0.2, -0.15) is 0 Å². The van der Waals surface area contributed by atoms with E-state index in [9.17, 15) is 22.8 Å². The molecule has 0 bridgehead atoms. The van der Waals surface area contributed by atoms with Crippen LogP contribution in [0.4, 0.5) is 13.2 Å². The van der Waals surface area contributed by atoms with Crippen LogP contribution in [0.15, 0.2) is 12.1 Å². The number of rotatable bonds is 4. The van der Waals surface area contributed by atoms with E-state index in [2.05, 4.69) is 5.32 Å². The van der Waals surface area contributed by atoms with Crippen LogP contribution in [0.5, 0.6) is 0 Å². The molecule has 0 aromatic heterocycles. The molecule has 1 aliphatic rings. The predicted octanol–water partition coefficient (Wildman–Crippen LogP) is 1.86. The summed E-state index contributed by atoms with van der Waals surface area (Å²) in [6.07, 6.45) is 0.458. The molecule has 1 aromatic rings. The van der Waals surface area contributed by atoms with E-state index in [1.54, 1.807) is 6.92 Å². The number of hydrogen-bond donors (Lipinski definition) is 1. The van der Waals surface area contributed by atoms with Crippen molar-refractivity contribution in [1.82, 2.24) is 10.2 Å². The Labute approximate surface area is 137 Å². The molecule has 1 aliphatic heterocycles. The number of nitrogens with one attached hydrogen (secondary N) is 1. The van der Waals surface area contributed by atoms with Crippen LogP contribution in [0.25, 0.3) is 0 Å². The molecule has 1 amide bonds. The Morgan fingerprint density at radius 2 is 1.79 bits per heavy atom. The number of carbonyl (C=O) groups is 2. The Hall–Kier alpha value is -2.09. The van der Waals surface area contributed by atoms with Crippen molar-refractivity contribution in [2.75, 3.05) is 26.7 Å². The number of nitrogens with zero attached hydrogens (tertiary/aromatic N) is 1. The van der Waals surface area contributed by atoms with Crippen molar-refractivity contribution in [3.05, 3.63) is 35.1 Å². The van der Waals surface area contributed by atoms with Gasteiger partial charge >= 0.3 is 5.97 Å². The summed E-state index contributed by atoms with van der Waals surface area (Å²) in [6.45, 7) is 2.71. The highest BCUT2D eigenvalue weighted by Gasteiger charge is 2.44. The molecule has 5 nitrogen and oxygen atoms in total. The molecule has 1 aromatic carbocycles. The van der Waals surface area contributed by atoms with Gasteiger partial charge in [-0.15, -0.1) is 0 Å². The smallest absolute Gasteiger partial charge is 0.331 e. The molecule has 0 unspecified atom stereocenters. The van der Waals surface area contributed by atoms with E-state index in [0.29, 0.717) is 25.2 Å². The fourth-order valence-corrected chi connectivity index (χ4v) is 2.66. The predicted molar refractivity (Wildman–Crippen MR) is 79.9 cm³/mol. The highest BCUT2D eigenvalue weighted by atomic mass is 19.2. The van der Waals surface area contributed by atoms with E-state index < -0.39 is 40.4 Å². The van der Waals surface area contributed by atoms with Gasteiger partial charge in [0.2, 0.25) is 0 Å². The van der Waals surface area contributed by atoms with Crippen LogP contribution >= 0.6 is 0 Å². The number of esters is 1. The van der Waals surface area contributed by atoms with E-state index in [0.717, 1.165) is 0 Å². The Morgan fingerprint density at radius 1 is 1.21 bits per heavy atom. The van der Waals surface area contributed by atoms with Crippen molar-refractivity contribution in [3.8, 4) is 0 Å². The van der Waals surface area contributed by atoms with Crippen LogP contribution in [0.1, 0.15) is 30.1 Å². The summed E-state index contributed by atoms with van der Waals surface area (Å²) in [5.41, 5.74) is -2.43. The van der Waals surface area contributed by atoms with E-state index in [-0.39, 0.29) is 19.4 Å². The van der Waals surface area contributed by atoms with Gasteiger partial charge in [0.25, 0.3) is 5.91 Å². The molecular formula is C16H19F3N2O3. The highest BCUT2D eigenvalue weighted by Crippen LogP contribution is 2.25.